The van der Waals surface area contributed by atoms with Crippen LogP contribution < -0.4 is 32.1 Å². The topological polar surface area (TPSA) is 240 Å². The number of pyridine rings is 2. The minimum atomic E-state index is -4.73. The minimum absolute atomic E-state index is 0.00463. The molecule has 1 fully saturated rings. The second-order valence-electron chi connectivity index (χ2n) is 16.8. The van der Waals surface area contributed by atoms with E-state index in [1.54, 1.807) is 70.2 Å². The average Bonchev–Trinajstić information content (AvgIpc) is 3.81. The SMILES string of the molecule is Nc1nc(C(F)(F)F)cc2c1[nH]c(=O)n2Cc1ccc(NCCN2CCCC(COC(=O)OCCSSCCNC(=S)Nc3ccc4c(c3)C(=O)OC43c4ccc(O)cc4Oc4cc(O)ccc43)C2)nc1. The molecule has 0 saturated carbocycles. The Morgan fingerprint density at radius 3 is 2.45 bits per heavy atom. The molecule has 1 atom stereocenters. The summed E-state index contributed by atoms with van der Waals surface area (Å²) in [5.41, 5.74) is 5.72. The number of aromatic nitrogens is 4. The lowest BCUT2D eigenvalue weighted by molar-refractivity contribution is -0.141. The predicted molar refractivity (Wildman–Crippen MR) is 265 cm³/mol. The fourth-order valence-corrected chi connectivity index (χ4v) is 10.7. The smallest absolute Gasteiger partial charge is 0.508 e. The average molecular weight is 1030 g/mol. The van der Waals surface area contributed by atoms with Crippen LogP contribution in [0.5, 0.6) is 23.0 Å². The van der Waals surface area contributed by atoms with Gasteiger partial charge in [-0.05, 0) is 85.7 Å². The molecule has 8 N–H and O–H groups in total. The second kappa shape index (κ2) is 20.8. The van der Waals surface area contributed by atoms with Crippen molar-refractivity contribution in [2.75, 3.05) is 73.8 Å². The van der Waals surface area contributed by atoms with E-state index in [-0.39, 0.29) is 48.2 Å². The number of H-pyrrole nitrogens is 1. The van der Waals surface area contributed by atoms with Gasteiger partial charge in [0.25, 0.3) is 0 Å². The maximum absolute atomic E-state index is 13.4. The van der Waals surface area contributed by atoms with Crippen molar-refractivity contribution in [3.63, 3.8) is 0 Å². The van der Waals surface area contributed by atoms with Crippen molar-refractivity contribution in [3.05, 3.63) is 123 Å². The number of benzene rings is 3. The molecule has 0 amide bonds. The highest BCUT2D eigenvalue weighted by atomic mass is 33.1. The van der Waals surface area contributed by atoms with Crippen molar-refractivity contribution in [3.8, 4) is 23.0 Å². The Kier molecular flexibility index (Phi) is 14.4. The molecular formula is C47H46F3N9O9S3. The number of imidazole rings is 1. The summed E-state index contributed by atoms with van der Waals surface area (Å²) >= 11 is 5.52. The number of anilines is 3. The molecular weight excluding hydrogens is 988 g/mol. The Labute approximate surface area is 416 Å². The van der Waals surface area contributed by atoms with Gasteiger partial charge < -0.3 is 60.7 Å². The molecule has 71 heavy (non-hydrogen) atoms. The lowest BCUT2D eigenvalue weighted by Crippen LogP contribution is -2.40. The third-order valence-electron chi connectivity index (χ3n) is 12.0. The number of carbonyl (C=O) groups is 2. The number of alkyl halides is 3. The van der Waals surface area contributed by atoms with Gasteiger partial charge in [0.15, 0.2) is 10.7 Å². The molecule has 3 aliphatic heterocycles. The second-order valence-corrected chi connectivity index (χ2v) is 19.9. The number of phenolic OH excluding ortho intramolecular Hbond substituents is 2. The summed E-state index contributed by atoms with van der Waals surface area (Å²) in [6.07, 6.45) is -2.01. The summed E-state index contributed by atoms with van der Waals surface area (Å²) < 4.78 is 64.1. The Bertz CT molecular complexity index is 3000. The highest BCUT2D eigenvalue weighted by Crippen LogP contribution is 2.57. The third-order valence-corrected chi connectivity index (χ3v) is 14.6. The molecule has 6 aromatic rings. The summed E-state index contributed by atoms with van der Waals surface area (Å²) in [6.45, 7) is 3.92. The Morgan fingerprint density at radius 2 is 1.72 bits per heavy atom. The van der Waals surface area contributed by atoms with E-state index in [2.05, 4.69) is 35.8 Å². The normalized spacial score (nSPS) is 15.8. The van der Waals surface area contributed by atoms with E-state index in [9.17, 15) is 37.8 Å². The van der Waals surface area contributed by atoms with Crippen LogP contribution in [-0.4, -0.2) is 109 Å². The monoisotopic (exact) mass is 1030 g/mol. The first-order valence-electron chi connectivity index (χ1n) is 22.3. The number of esters is 1. The van der Waals surface area contributed by atoms with Crippen molar-refractivity contribution in [2.45, 2.75) is 31.2 Å². The molecule has 6 heterocycles. The molecule has 24 heteroatoms. The summed E-state index contributed by atoms with van der Waals surface area (Å²) in [5, 5.41) is 30.2. The maximum atomic E-state index is 13.4. The fraction of sp³-hybridized carbons (Fsp3) is 0.319. The summed E-state index contributed by atoms with van der Waals surface area (Å²) in [5.74, 6) is 1.58. The summed E-state index contributed by atoms with van der Waals surface area (Å²) in [4.78, 5) is 50.9. The first-order chi connectivity index (χ1) is 34.1. The zero-order chi connectivity index (χ0) is 49.9. The first kappa shape index (κ1) is 49.1. The van der Waals surface area contributed by atoms with Crippen molar-refractivity contribution in [2.24, 2.45) is 5.92 Å². The zero-order valence-electron chi connectivity index (χ0n) is 37.5. The van der Waals surface area contributed by atoms with E-state index in [1.165, 1.54) is 24.3 Å². The molecule has 0 aliphatic carbocycles. The van der Waals surface area contributed by atoms with Crippen molar-refractivity contribution in [1.29, 1.82) is 0 Å². The van der Waals surface area contributed by atoms with Crippen LogP contribution in [0.4, 0.5) is 35.3 Å². The Hall–Kier alpha value is -6.89. The number of piperidine rings is 1. The number of hydrogen-bond donors (Lipinski definition) is 7. The number of nitrogens with zero attached hydrogens (tertiary/aromatic N) is 4. The number of aromatic amines is 1. The van der Waals surface area contributed by atoms with Gasteiger partial charge in [-0.3, -0.25) is 4.57 Å². The minimum Gasteiger partial charge on any atom is -0.508 e. The maximum Gasteiger partial charge on any atom is 0.508 e. The van der Waals surface area contributed by atoms with Crippen molar-refractivity contribution < 1.29 is 51.9 Å². The number of phenols is 2. The molecule has 1 spiro atoms. The molecule has 1 saturated heterocycles. The van der Waals surface area contributed by atoms with Crippen LogP contribution in [-0.2, 0) is 32.5 Å². The van der Waals surface area contributed by atoms with Gasteiger partial charge in [0.05, 0.1) is 24.2 Å². The number of nitrogens with one attached hydrogen (secondary N) is 4. The van der Waals surface area contributed by atoms with Gasteiger partial charge in [-0.1, -0.05) is 33.7 Å². The number of rotatable bonds is 16. The highest BCUT2D eigenvalue weighted by Gasteiger charge is 2.53. The van der Waals surface area contributed by atoms with Crippen LogP contribution in [0.1, 0.15) is 51.1 Å². The number of fused-ring (bicyclic) bond motifs is 7. The Balaban J connectivity index is 0.640. The lowest BCUT2D eigenvalue weighted by atomic mass is 9.77. The van der Waals surface area contributed by atoms with Gasteiger partial charge in [-0.15, -0.1) is 0 Å². The number of nitrogen functional groups attached to an aromatic ring is 1. The largest absolute Gasteiger partial charge is 0.508 e. The quantitative estimate of drug-likeness (QED) is 0.0216. The number of aromatic hydroxyl groups is 2. The summed E-state index contributed by atoms with van der Waals surface area (Å²) in [7, 11) is 3.14. The van der Waals surface area contributed by atoms with Gasteiger partial charge >= 0.3 is 24.0 Å². The van der Waals surface area contributed by atoms with Crippen molar-refractivity contribution >= 4 is 79.4 Å². The molecule has 18 nitrogen and oxygen atoms in total. The number of thiocarbonyl (C=S) groups is 1. The molecule has 3 aliphatic rings. The molecule has 0 bridgehead atoms. The highest BCUT2D eigenvalue weighted by molar-refractivity contribution is 8.76. The molecule has 0 radical (unpaired) electrons. The predicted octanol–water partition coefficient (Wildman–Crippen LogP) is 7.39. The Morgan fingerprint density at radius 1 is 0.972 bits per heavy atom. The van der Waals surface area contributed by atoms with E-state index in [1.807, 2.05) is 0 Å². The van der Waals surface area contributed by atoms with Gasteiger partial charge in [-0.25, -0.2) is 24.4 Å². The zero-order valence-corrected chi connectivity index (χ0v) is 40.0. The number of nitrogens with two attached hydrogens (primary N) is 1. The van der Waals surface area contributed by atoms with Gasteiger partial charge in [0, 0.05) is 84.3 Å². The standard InChI is InChI=1S/C47H46F3N9O9S3/c48-47(49,50)38-21-35-40(41(51)56-38)57-44(63)59(35)24-26-3-10-39(54-22-26)52-11-14-58-13-1-2-27(23-58)25-66-45(64)65-15-17-71-70-16-12-53-43(69)55-28-4-7-32-31(18-28)42(62)68-46(32)33-8-5-29(60)19-36(33)67-37-20-30(61)6-9-34(37)46/h3-10,18-22,27,60-61H,1-2,11-17,23-25H2,(H2,51,56)(H,52,54)(H,57,63)(H2,53,55,69). The molecule has 9 rings (SSSR count). The number of halogens is 3. The van der Waals surface area contributed by atoms with Crippen LogP contribution in [0, 0.1) is 5.92 Å². The van der Waals surface area contributed by atoms with Gasteiger partial charge in [0.1, 0.15) is 52.5 Å². The van der Waals surface area contributed by atoms with Crippen LogP contribution in [0.25, 0.3) is 11.0 Å². The third kappa shape index (κ3) is 10.9. The van der Waals surface area contributed by atoms with E-state index in [0.29, 0.717) is 80.5 Å². The van der Waals surface area contributed by atoms with Gasteiger partial charge in [0.2, 0.25) is 0 Å². The lowest BCUT2D eigenvalue weighted by Gasteiger charge is -2.36. The van der Waals surface area contributed by atoms with Crippen LogP contribution in [0.3, 0.4) is 0 Å². The van der Waals surface area contributed by atoms with E-state index in [0.717, 1.165) is 43.1 Å². The number of ether oxygens (including phenoxy) is 4. The molecule has 1 unspecified atom stereocenters. The number of carbonyl (C=O) groups excluding carboxylic acids is 2. The fourth-order valence-electron chi connectivity index (χ4n) is 8.78. The molecule has 372 valence electrons. The molecule has 3 aromatic heterocycles. The number of likely N-dealkylation sites (tertiary alicyclic amines) is 1. The van der Waals surface area contributed by atoms with Crippen LogP contribution in [0.15, 0.2) is 83.8 Å². The first-order valence-corrected chi connectivity index (χ1v) is 25.2. The van der Waals surface area contributed by atoms with Crippen molar-refractivity contribution in [1.82, 2.24) is 29.7 Å². The van der Waals surface area contributed by atoms with Crippen LogP contribution in [0.2, 0.25) is 0 Å². The summed E-state index contributed by atoms with van der Waals surface area (Å²) in [6, 6.07) is 18.7. The van der Waals surface area contributed by atoms with E-state index in [4.69, 9.17) is 36.9 Å². The van der Waals surface area contributed by atoms with Gasteiger partial charge in [-0.2, -0.15) is 13.2 Å². The number of hydrogen-bond acceptors (Lipinski definition) is 17. The molecule has 3 aromatic carbocycles. The van der Waals surface area contributed by atoms with E-state index >= 15 is 0 Å². The van der Waals surface area contributed by atoms with E-state index < -0.39 is 41.1 Å². The van der Waals surface area contributed by atoms with Crippen LogP contribution >= 0.6 is 33.8 Å².